The Morgan fingerprint density at radius 3 is 2.59 bits per heavy atom. The molecule has 146 valence electrons. The summed E-state index contributed by atoms with van der Waals surface area (Å²) < 4.78 is 46.5. The molecule has 0 aliphatic heterocycles. The summed E-state index contributed by atoms with van der Waals surface area (Å²) in [5.41, 5.74) is 0.828. The van der Waals surface area contributed by atoms with Crippen LogP contribution in [0.1, 0.15) is 6.42 Å². The van der Waals surface area contributed by atoms with Crippen molar-refractivity contribution in [3.63, 3.8) is 0 Å². The van der Waals surface area contributed by atoms with E-state index in [1.54, 1.807) is 29.6 Å². The average Bonchev–Trinajstić information content (AvgIpc) is 2.91. The Bertz CT molecular complexity index is 902. The number of nitrogens with zero attached hydrogens (tertiary/aromatic N) is 1. The van der Waals surface area contributed by atoms with Crippen LogP contribution in [0, 0.1) is 0 Å². The molecule has 1 aromatic carbocycles. The predicted octanol–water partition coefficient (Wildman–Crippen LogP) is 0.916. The molecule has 12 heteroatoms. The van der Waals surface area contributed by atoms with Crippen LogP contribution in [0.3, 0.4) is 0 Å². The molecule has 1 aromatic heterocycles. The van der Waals surface area contributed by atoms with E-state index in [4.69, 9.17) is 4.42 Å². The van der Waals surface area contributed by atoms with Crippen LogP contribution in [0.2, 0.25) is 0 Å². The van der Waals surface area contributed by atoms with Gasteiger partial charge in [-0.3, -0.25) is 19.5 Å². The van der Waals surface area contributed by atoms with Gasteiger partial charge in [0.25, 0.3) is 5.91 Å². The number of hydrogen-bond donors (Lipinski definition) is 2. The van der Waals surface area contributed by atoms with Crippen molar-refractivity contribution in [2.24, 2.45) is 0 Å². The highest BCUT2D eigenvalue weighted by Gasteiger charge is 2.28. The molecule has 0 atom stereocenters. The second-order valence-electron chi connectivity index (χ2n) is 5.24. The molecule has 9 nitrogen and oxygen atoms in total. The van der Waals surface area contributed by atoms with Gasteiger partial charge in [-0.15, -0.1) is 0 Å². The summed E-state index contributed by atoms with van der Waals surface area (Å²) in [5.74, 6) is -2.62. The number of urea groups is 1. The second kappa shape index (κ2) is 8.38. The van der Waals surface area contributed by atoms with Crippen LogP contribution in [0.15, 0.2) is 33.5 Å². The number of nitrogens with one attached hydrogen (secondary N) is 2. The maximum atomic E-state index is 11.9. The fourth-order valence-corrected chi connectivity index (χ4v) is 2.03. The second-order valence-corrected chi connectivity index (χ2v) is 5.24. The first kappa shape index (κ1) is 20.0. The van der Waals surface area contributed by atoms with Gasteiger partial charge in [0.1, 0.15) is 6.54 Å². The third kappa shape index (κ3) is 6.17. The third-order valence-corrected chi connectivity index (χ3v) is 3.18. The Kier molecular flexibility index (Phi) is 6.21. The topological polar surface area (TPSA) is 120 Å². The summed E-state index contributed by atoms with van der Waals surface area (Å²) in [6, 6.07) is 5.19. The zero-order valence-electron chi connectivity index (χ0n) is 13.7. The minimum Gasteiger partial charge on any atom is -0.456 e. The minimum absolute atomic E-state index is 0.0671. The van der Waals surface area contributed by atoms with Crippen molar-refractivity contribution in [1.29, 1.82) is 0 Å². The fraction of sp³-hybridized carbons (Fsp3) is 0.333. The molecule has 1 heterocycles. The number of alkyl halides is 3. The summed E-state index contributed by atoms with van der Waals surface area (Å²) in [7, 11) is 0. The van der Waals surface area contributed by atoms with E-state index in [9.17, 15) is 32.3 Å². The van der Waals surface area contributed by atoms with Crippen LogP contribution in [0.25, 0.3) is 11.1 Å². The number of esters is 1. The van der Waals surface area contributed by atoms with Crippen molar-refractivity contribution in [1.82, 2.24) is 15.2 Å². The summed E-state index contributed by atoms with van der Waals surface area (Å²) in [6.07, 6.45) is -4.89. The number of para-hydroxylation sites is 2. The Morgan fingerprint density at radius 1 is 1.19 bits per heavy atom. The molecular weight excluding hydrogens is 375 g/mol. The van der Waals surface area contributed by atoms with E-state index in [0.717, 1.165) is 0 Å². The van der Waals surface area contributed by atoms with Crippen LogP contribution in [-0.2, 0) is 20.9 Å². The van der Waals surface area contributed by atoms with E-state index in [1.807, 2.05) is 0 Å². The molecule has 0 fully saturated rings. The highest BCUT2D eigenvalue weighted by molar-refractivity contribution is 5.95. The van der Waals surface area contributed by atoms with Gasteiger partial charge in [0.2, 0.25) is 0 Å². The molecule has 0 aliphatic carbocycles. The normalized spacial score (nSPS) is 11.2. The third-order valence-electron chi connectivity index (χ3n) is 3.18. The van der Waals surface area contributed by atoms with Crippen LogP contribution >= 0.6 is 0 Å². The number of carbonyl (C=O) groups is 3. The number of rotatable bonds is 6. The molecule has 27 heavy (non-hydrogen) atoms. The summed E-state index contributed by atoms with van der Waals surface area (Å²) in [4.78, 5) is 45.8. The zero-order valence-corrected chi connectivity index (χ0v) is 13.7. The van der Waals surface area contributed by atoms with Gasteiger partial charge in [0.15, 0.2) is 12.2 Å². The number of halogens is 3. The number of imide groups is 1. The van der Waals surface area contributed by atoms with Crippen molar-refractivity contribution in [2.45, 2.75) is 19.1 Å². The van der Waals surface area contributed by atoms with Gasteiger partial charge in [-0.05, 0) is 12.1 Å². The fourth-order valence-electron chi connectivity index (χ4n) is 2.03. The zero-order chi connectivity index (χ0) is 20.0. The number of carbonyl (C=O) groups excluding carboxylic acids is 3. The van der Waals surface area contributed by atoms with E-state index >= 15 is 0 Å². The minimum atomic E-state index is -4.62. The standard InChI is InChI=1S/C15H14F3N3O6/c16-15(17,18)8-19-13(24)20-11(22)7-26-12(23)5-6-21-9-3-1-2-4-10(9)27-14(21)25/h1-4H,5-8H2,(H2,19,20,22,24). The molecule has 0 spiro atoms. The van der Waals surface area contributed by atoms with E-state index in [-0.39, 0.29) is 13.0 Å². The number of aryl methyl sites for hydroxylation is 1. The SMILES string of the molecule is O=C(COC(=O)CCn1c(=O)oc2ccccc21)NC(=O)NCC(F)(F)F. The Balaban J connectivity index is 1.76. The Morgan fingerprint density at radius 2 is 1.89 bits per heavy atom. The van der Waals surface area contributed by atoms with Gasteiger partial charge in [-0.1, -0.05) is 12.1 Å². The average molecular weight is 389 g/mol. The number of fused-ring (bicyclic) bond motifs is 1. The summed E-state index contributed by atoms with van der Waals surface area (Å²) >= 11 is 0. The van der Waals surface area contributed by atoms with Gasteiger partial charge in [0, 0.05) is 6.54 Å². The van der Waals surface area contributed by atoms with Crippen LogP contribution in [0.4, 0.5) is 18.0 Å². The number of benzene rings is 1. The van der Waals surface area contributed by atoms with Crippen LogP contribution in [-0.4, -0.2) is 41.8 Å². The molecule has 2 N–H and O–H groups in total. The summed E-state index contributed by atoms with van der Waals surface area (Å²) in [5, 5.41) is 3.00. The lowest BCUT2D eigenvalue weighted by Gasteiger charge is -2.09. The van der Waals surface area contributed by atoms with E-state index in [0.29, 0.717) is 11.1 Å². The molecule has 0 saturated heterocycles. The van der Waals surface area contributed by atoms with Gasteiger partial charge < -0.3 is 14.5 Å². The number of oxazole rings is 1. The highest BCUT2D eigenvalue weighted by Crippen LogP contribution is 2.12. The maximum Gasteiger partial charge on any atom is 0.419 e. The lowest BCUT2D eigenvalue weighted by atomic mass is 10.3. The van der Waals surface area contributed by atoms with Gasteiger partial charge >= 0.3 is 23.9 Å². The van der Waals surface area contributed by atoms with E-state index in [1.165, 1.54) is 9.88 Å². The smallest absolute Gasteiger partial charge is 0.419 e. The molecule has 0 aliphatic rings. The molecule has 2 aromatic rings. The summed E-state index contributed by atoms with van der Waals surface area (Å²) in [6.45, 7) is -2.54. The molecule has 0 bridgehead atoms. The van der Waals surface area contributed by atoms with Crippen LogP contribution in [0.5, 0.6) is 0 Å². The van der Waals surface area contributed by atoms with Crippen molar-refractivity contribution in [2.75, 3.05) is 13.2 Å². The maximum absolute atomic E-state index is 11.9. The van der Waals surface area contributed by atoms with E-state index < -0.39 is 43.0 Å². The Labute approximate surface area is 149 Å². The highest BCUT2D eigenvalue weighted by atomic mass is 19.4. The Hall–Kier alpha value is -3.31. The first-order valence-corrected chi connectivity index (χ1v) is 7.54. The lowest BCUT2D eigenvalue weighted by Crippen LogP contribution is -2.44. The molecule has 0 radical (unpaired) electrons. The quantitative estimate of drug-likeness (QED) is 0.709. The van der Waals surface area contributed by atoms with Crippen molar-refractivity contribution < 1.29 is 36.7 Å². The van der Waals surface area contributed by atoms with E-state index in [2.05, 4.69) is 4.74 Å². The van der Waals surface area contributed by atoms with Gasteiger partial charge in [0.05, 0.1) is 11.9 Å². The first-order chi connectivity index (χ1) is 12.7. The monoisotopic (exact) mass is 389 g/mol. The number of amides is 3. The van der Waals surface area contributed by atoms with Crippen molar-refractivity contribution in [3.05, 3.63) is 34.8 Å². The molecule has 0 unspecified atom stereocenters. The van der Waals surface area contributed by atoms with Crippen molar-refractivity contribution in [3.8, 4) is 0 Å². The largest absolute Gasteiger partial charge is 0.456 e. The van der Waals surface area contributed by atoms with Gasteiger partial charge in [-0.25, -0.2) is 9.59 Å². The molecule has 3 amide bonds. The lowest BCUT2D eigenvalue weighted by molar-refractivity contribution is -0.148. The number of ether oxygens (including phenoxy) is 1. The number of hydrogen-bond acceptors (Lipinski definition) is 6. The van der Waals surface area contributed by atoms with Gasteiger partial charge in [-0.2, -0.15) is 13.2 Å². The molecule has 0 saturated carbocycles. The first-order valence-electron chi connectivity index (χ1n) is 7.54. The number of aromatic nitrogens is 1. The van der Waals surface area contributed by atoms with Crippen molar-refractivity contribution >= 4 is 29.0 Å². The van der Waals surface area contributed by atoms with Crippen LogP contribution < -0.4 is 16.4 Å². The molecular formula is C15H14F3N3O6. The predicted molar refractivity (Wildman–Crippen MR) is 83.6 cm³/mol. The molecule has 2 rings (SSSR count).